The number of hydrogen-bond donors (Lipinski definition) is 1. The van der Waals surface area contributed by atoms with E-state index in [2.05, 4.69) is 14.4 Å². The zero-order valence-corrected chi connectivity index (χ0v) is 14.9. The van der Waals surface area contributed by atoms with Crippen molar-refractivity contribution in [3.8, 4) is 10.6 Å². The van der Waals surface area contributed by atoms with Crippen LogP contribution in [0.4, 0.5) is 5.13 Å². The molecule has 0 aliphatic heterocycles. The van der Waals surface area contributed by atoms with Gasteiger partial charge in [-0.3, -0.25) is 4.72 Å². The molecule has 6 nitrogen and oxygen atoms in total. The van der Waals surface area contributed by atoms with Crippen LogP contribution >= 0.6 is 22.7 Å². The second-order valence-electron chi connectivity index (χ2n) is 4.61. The van der Waals surface area contributed by atoms with Crippen molar-refractivity contribution in [2.45, 2.75) is 4.90 Å². The van der Waals surface area contributed by atoms with Gasteiger partial charge in [-0.1, -0.05) is 18.2 Å². The van der Waals surface area contributed by atoms with Crippen LogP contribution in [0.3, 0.4) is 0 Å². The highest BCUT2D eigenvalue weighted by molar-refractivity contribution is 7.93. The average molecular weight is 380 g/mol. The molecule has 124 valence electrons. The minimum Gasteiger partial charge on any atom is -0.465 e. The van der Waals surface area contributed by atoms with E-state index in [0.29, 0.717) is 10.6 Å². The Labute approximate surface area is 146 Å². The number of hydrogen-bond acceptors (Lipinski definition) is 7. The molecule has 0 aliphatic rings. The van der Waals surface area contributed by atoms with Crippen LogP contribution in [0.2, 0.25) is 0 Å². The lowest BCUT2D eigenvalue weighted by molar-refractivity contribution is 0.0606. The van der Waals surface area contributed by atoms with Gasteiger partial charge in [0.1, 0.15) is 4.88 Å². The molecule has 2 heterocycles. The summed E-state index contributed by atoms with van der Waals surface area (Å²) < 4.78 is 31.7. The normalized spacial score (nSPS) is 11.2. The Balaban J connectivity index is 1.81. The zero-order chi connectivity index (χ0) is 17.2. The zero-order valence-electron chi connectivity index (χ0n) is 12.4. The van der Waals surface area contributed by atoms with E-state index in [1.807, 2.05) is 0 Å². The van der Waals surface area contributed by atoms with Gasteiger partial charge in [0.15, 0.2) is 5.13 Å². The lowest BCUT2D eigenvalue weighted by atomic mass is 10.4. The average Bonchev–Trinajstić information content (AvgIpc) is 3.24. The van der Waals surface area contributed by atoms with Gasteiger partial charge in [-0.25, -0.2) is 18.2 Å². The molecule has 0 saturated carbocycles. The lowest BCUT2D eigenvalue weighted by Gasteiger charge is -2.04. The van der Waals surface area contributed by atoms with Crippen LogP contribution < -0.4 is 4.72 Å². The molecule has 0 fully saturated rings. The molecule has 1 N–H and O–H groups in total. The number of anilines is 1. The maximum absolute atomic E-state index is 12.3. The summed E-state index contributed by atoms with van der Waals surface area (Å²) in [6, 6.07) is 11.5. The van der Waals surface area contributed by atoms with Gasteiger partial charge in [-0.15, -0.1) is 22.7 Å². The summed E-state index contributed by atoms with van der Waals surface area (Å²) in [5.41, 5.74) is 0.603. The van der Waals surface area contributed by atoms with Gasteiger partial charge in [0.2, 0.25) is 0 Å². The smallest absolute Gasteiger partial charge is 0.348 e. The molecule has 0 radical (unpaired) electrons. The van der Waals surface area contributed by atoms with Crippen molar-refractivity contribution in [3.05, 3.63) is 52.7 Å². The number of thiazole rings is 1. The third-order valence-corrected chi connectivity index (χ3v) is 6.35. The highest BCUT2D eigenvalue weighted by Gasteiger charge is 2.17. The van der Waals surface area contributed by atoms with Crippen molar-refractivity contribution in [2.24, 2.45) is 0 Å². The fourth-order valence-electron chi connectivity index (χ4n) is 1.89. The van der Waals surface area contributed by atoms with E-state index in [9.17, 15) is 13.2 Å². The van der Waals surface area contributed by atoms with Crippen LogP contribution in [0.1, 0.15) is 9.67 Å². The lowest BCUT2D eigenvalue weighted by Crippen LogP contribution is -2.12. The molecule has 0 amide bonds. The van der Waals surface area contributed by atoms with Crippen LogP contribution in [0.15, 0.2) is 52.7 Å². The maximum Gasteiger partial charge on any atom is 0.348 e. The van der Waals surface area contributed by atoms with E-state index in [4.69, 9.17) is 0 Å². The van der Waals surface area contributed by atoms with E-state index in [0.717, 1.165) is 4.88 Å². The third kappa shape index (κ3) is 3.48. The van der Waals surface area contributed by atoms with E-state index in [-0.39, 0.29) is 10.0 Å². The Morgan fingerprint density at radius 2 is 1.92 bits per heavy atom. The summed E-state index contributed by atoms with van der Waals surface area (Å²) >= 11 is 2.42. The third-order valence-electron chi connectivity index (χ3n) is 3.02. The molecule has 1 aromatic carbocycles. The standard InChI is InChI=1S/C15H12N2O4S3/c1-21-14(18)13-8-7-12(23-13)11-9-22-15(16-11)17-24(19,20)10-5-3-2-4-6-10/h2-9H,1H3,(H,16,17). The molecule has 3 rings (SSSR count). The van der Waals surface area contributed by atoms with E-state index in [1.165, 1.54) is 41.9 Å². The van der Waals surface area contributed by atoms with Crippen molar-refractivity contribution in [3.63, 3.8) is 0 Å². The largest absolute Gasteiger partial charge is 0.465 e. The number of nitrogens with one attached hydrogen (secondary N) is 1. The summed E-state index contributed by atoms with van der Waals surface area (Å²) in [7, 11) is -2.35. The van der Waals surface area contributed by atoms with Crippen LogP contribution in [-0.4, -0.2) is 26.5 Å². The van der Waals surface area contributed by atoms with Gasteiger partial charge in [0.05, 0.1) is 22.6 Å². The van der Waals surface area contributed by atoms with E-state index < -0.39 is 16.0 Å². The first-order valence-corrected chi connectivity index (χ1v) is 9.89. The first kappa shape index (κ1) is 16.6. The molecule has 0 aliphatic carbocycles. The SMILES string of the molecule is COC(=O)c1ccc(-c2csc(NS(=O)(=O)c3ccccc3)n2)s1. The predicted octanol–water partition coefficient (Wildman–Crippen LogP) is 3.46. The van der Waals surface area contributed by atoms with Crippen molar-refractivity contribution >= 4 is 43.8 Å². The Morgan fingerprint density at radius 3 is 2.62 bits per heavy atom. The van der Waals surface area contributed by atoms with Crippen LogP contribution in [0.25, 0.3) is 10.6 Å². The van der Waals surface area contributed by atoms with Crippen molar-refractivity contribution in [2.75, 3.05) is 11.8 Å². The Hall–Kier alpha value is -2.23. The van der Waals surface area contributed by atoms with Gasteiger partial charge in [-0.2, -0.15) is 0 Å². The molecule has 3 aromatic rings. The number of ether oxygens (including phenoxy) is 1. The Morgan fingerprint density at radius 1 is 1.17 bits per heavy atom. The first-order valence-electron chi connectivity index (χ1n) is 6.71. The molecule has 9 heteroatoms. The number of sulfonamides is 1. The fraction of sp³-hybridized carbons (Fsp3) is 0.0667. The Bertz CT molecular complexity index is 962. The minimum absolute atomic E-state index is 0.172. The van der Waals surface area contributed by atoms with Crippen LogP contribution in [0, 0.1) is 0 Å². The summed E-state index contributed by atoms with van der Waals surface area (Å²) in [5.74, 6) is -0.411. The van der Waals surface area contributed by atoms with E-state index >= 15 is 0 Å². The quantitative estimate of drug-likeness (QED) is 0.685. The molecule has 24 heavy (non-hydrogen) atoms. The molecule has 0 atom stereocenters. The highest BCUT2D eigenvalue weighted by atomic mass is 32.2. The van der Waals surface area contributed by atoms with Gasteiger partial charge < -0.3 is 4.74 Å². The molecule has 0 bridgehead atoms. The van der Waals surface area contributed by atoms with Crippen LogP contribution in [-0.2, 0) is 14.8 Å². The van der Waals surface area contributed by atoms with Crippen LogP contribution in [0.5, 0.6) is 0 Å². The maximum atomic E-state index is 12.3. The monoisotopic (exact) mass is 380 g/mol. The number of methoxy groups -OCH3 is 1. The molecule has 2 aromatic heterocycles. The Kier molecular flexibility index (Phi) is 4.65. The molecule has 0 saturated heterocycles. The summed E-state index contributed by atoms with van der Waals surface area (Å²) in [5, 5.41) is 2.00. The molecule has 0 spiro atoms. The second kappa shape index (κ2) is 6.71. The topological polar surface area (TPSA) is 85.4 Å². The summed E-state index contributed by atoms with van der Waals surface area (Å²) in [4.78, 5) is 17.2. The number of thiophene rings is 1. The molecule has 0 unspecified atom stereocenters. The number of rotatable bonds is 5. The van der Waals surface area contributed by atoms with Crippen molar-refractivity contribution < 1.29 is 17.9 Å². The number of carbonyl (C=O) groups excluding carboxylic acids is 1. The first-order chi connectivity index (χ1) is 11.5. The second-order valence-corrected chi connectivity index (χ2v) is 8.24. The van der Waals surface area contributed by atoms with Crippen molar-refractivity contribution in [1.29, 1.82) is 0 Å². The predicted molar refractivity (Wildman–Crippen MR) is 94.0 cm³/mol. The van der Waals surface area contributed by atoms with Gasteiger partial charge in [0.25, 0.3) is 10.0 Å². The van der Waals surface area contributed by atoms with Gasteiger partial charge in [-0.05, 0) is 24.3 Å². The molecular formula is C15H12N2O4S3. The summed E-state index contributed by atoms with van der Waals surface area (Å²) in [6.07, 6.45) is 0. The highest BCUT2D eigenvalue weighted by Crippen LogP contribution is 2.31. The van der Waals surface area contributed by atoms with Crippen molar-refractivity contribution in [1.82, 2.24) is 4.98 Å². The fourth-order valence-corrected chi connectivity index (χ4v) is 4.84. The number of benzene rings is 1. The molecular weight excluding hydrogens is 368 g/mol. The van der Waals surface area contributed by atoms with Gasteiger partial charge in [0, 0.05) is 5.38 Å². The summed E-state index contributed by atoms with van der Waals surface area (Å²) in [6.45, 7) is 0. The van der Waals surface area contributed by atoms with E-state index in [1.54, 1.807) is 35.7 Å². The number of carbonyl (C=O) groups is 1. The minimum atomic E-state index is -3.67. The number of esters is 1. The number of nitrogens with zero attached hydrogens (tertiary/aromatic N) is 1. The number of aromatic nitrogens is 1. The van der Waals surface area contributed by atoms with Gasteiger partial charge >= 0.3 is 5.97 Å².